The third kappa shape index (κ3) is 1.77. The number of primary amides is 1. The quantitative estimate of drug-likeness (QED) is 0.690. The van der Waals surface area contributed by atoms with E-state index < -0.39 is 11.3 Å². The van der Waals surface area contributed by atoms with Gasteiger partial charge in [-0.15, -0.1) is 0 Å². The number of rotatable bonds is 2. The van der Waals surface area contributed by atoms with E-state index in [4.69, 9.17) is 11.5 Å². The zero-order valence-electron chi connectivity index (χ0n) is 7.74. The number of nitrogen functional groups attached to an aromatic ring is 1. The van der Waals surface area contributed by atoms with Crippen LogP contribution in [0.3, 0.4) is 0 Å². The first-order valence-electron chi connectivity index (χ1n) is 3.96. The van der Waals surface area contributed by atoms with E-state index in [2.05, 4.69) is 4.98 Å². The molecule has 0 bridgehead atoms. The minimum Gasteiger partial charge on any atom is -0.397 e. The molecule has 0 spiro atoms. The van der Waals surface area contributed by atoms with Crippen LogP contribution in [0.4, 0.5) is 5.69 Å². The number of anilines is 1. The molecule has 0 aliphatic rings. The molecule has 0 aliphatic heterocycles. The van der Waals surface area contributed by atoms with Gasteiger partial charge in [0, 0.05) is 0 Å². The summed E-state index contributed by atoms with van der Waals surface area (Å²) >= 11 is 0. The van der Waals surface area contributed by atoms with Crippen molar-refractivity contribution in [3.8, 4) is 0 Å². The van der Waals surface area contributed by atoms with E-state index in [1.54, 1.807) is 26.0 Å². The van der Waals surface area contributed by atoms with Crippen molar-refractivity contribution in [3.63, 3.8) is 0 Å². The van der Waals surface area contributed by atoms with Crippen molar-refractivity contribution in [1.82, 2.24) is 4.98 Å². The Balaban J connectivity index is 3.08. The SMILES string of the molecule is CC(C)(C(N)=O)c1ccc(N)cn1. The molecule has 13 heavy (non-hydrogen) atoms. The molecule has 4 N–H and O–H groups in total. The van der Waals surface area contributed by atoms with Crippen LogP contribution in [0.25, 0.3) is 0 Å². The lowest BCUT2D eigenvalue weighted by atomic mass is 9.88. The fraction of sp³-hybridized carbons (Fsp3) is 0.333. The predicted molar refractivity (Wildman–Crippen MR) is 50.9 cm³/mol. The van der Waals surface area contributed by atoms with E-state index in [0.29, 0.717) is 11.4 Å². The first-order valence-corrected chi connectivity index (χ1v) is 3.96. The third-order valence-corrected chi connectivity index (χ3v) is 2.04. The van der Waals surface area contributed by atoms with Crippen molar-refractivity contribution in [1.29, 1.82) is 0 Å². The fourth-order valence-electron chi connectivity index (χ4n) is 0.901. The van der Waals surface area contributed by atoms with Gasteiger partial charge < -0.3 is 11.5 Å². The van der Waals surface area contributed by atoms with Crippen molar-refractivity contribution >= 4 is 11.6 Å². The van der Waals surface area contributed by atoms with Gasteiger partial charge in [-0.3, -0.25) is 9.78 Å². The molecule has 1 heterocycles. The van der Waals surface area contributed by atoms with Gasteiger partial charge in [-0.05, 0) is 26.0 Å². The van der Waals surface area contributed by atoms with Crippen LogP contribution in [0.5, 0.6) is 0 Å². The summed E-state index contributed by atoms with van der Waals surface area (Å²) in [5.41, 5.74) is 11.2. The molecule has 0 saturated carbocycles. The minimum absolute atomic E-state index is 0.398. The van der Waals surface area contributed by atoms with E-state index in [1.807, 2.05) is 0 Å². The number of carbonyl (C=O) groups excluding carboxylic acids is 1. The molecule has 1 amide bonds. The number of amides is 1. The second-order valence-electron chi connectivity index (χ2n) is 3.47. The standard InChI is InChI=1S/C9H13N3O/c1-9(2,8(11)13)7-4-3-6(10)5-12-7/h3-5H,10H2,1-2H3,(H2,11,13). The Kier molecular flexibility index (Phi) is 2.23. The third-order valence-electron chi connectivity index (χ3n) is 2.04. The number of nitrogens with zero attached hydrogens (tertiary/aromatic N) is 1. The van der Waals surface area contributed by atoms with Gasteiger partial charge in [0.2, 0.25) is 5.91 Å². The smallest absolute Gasteiger partial charge is 0.229 e. The maximum absolute atomic E-state index is 11.1. The summed E-state index contributed by atoms with van der Waals surface area (Å²) in [7, 11) is 0. The van der Waals surface area contributed by atoms with Crippen LogP contribution in [-0.4, -0.2) is 10.9 Å². The topological polar surface area (TPSA) is 82.0 Å². The van der Waals surface area contributed by atoms with Gasteiger partial charge >= 0.3 is 0 Å². The number of carbonyl (C=O) groups is 1. The summed E-state index contributed by atoms with van der Waals surface area (Å²) in [4.78, 5) is 15.1. The molecular formula is C9H13N3O. The molecule has 0 aliphatic carbocycles. The molecule has 0 aromatic carbocycles. The molecule has 70 valence electrons. The molecule has 1 aromatic heterocycles. The van der Waals surface area contributed by atoms with Crippen LogP contribution in [0.1, 0.15) is 19.5 Å². The summed E-state index contributed by atoms with van der Waals surface area (Å²) in [6.45, 7) is 3.46. The molecule has 4 nitrogen and oxygen atoms in total. The van der Waals surface area contributed by atoms with Crippen molar-refractivity contribution in [2.45, 2.75) is 19.3 Å². The van der Waals surface area contributed by atoms with E-state index in [9.17, 15) is 4.79 Å². The predicted octanol–water partition coefficient (Wildman–Crippen LogP) is 0.427. The first kappa shape index (κ1) is 9.51. The zero-order chi connectivity index (χ0) is 10.1. The maximum Gasteiger partial charge on any atom is 0.229 e. The second kappa shape index (κ2) is 3.05. The lowest BCUT2D eigenvalue weighted by Gasteiger charge is -2.19. The lowest BCUT2D eigenvalue weighted by Crippen LogP contribution is -2.36. The Labute approximate surface area is 77.0 Å². The highest BCUT2D eigenvalue weighted by Crippen LogP contribution is 2.20. The van der Waals surface area contributed by atoms with Crippen LogP contribution in [0, 0.1) is 0 Å². The molecule has 0 saturated heterocycles. The highest BCUT2D eigenvalue weighted by molar-refractivity contribution is 5.85. The van der Waals surface area contributed by atoms with E-state index in [-0.39, 0.29) is 0 Å². The van der Waals surface area contributed by atoms with Crippen LogP contribution >= 0.6 is 0 Å². The Morgan fingerprint density at radius 1 is 1.46 bits per heavy atom. The summed E-state index contributed by atoms with van der Waals surface area (Å²) in [6.07, 6.45) is 1.51. The number of hydrogen-bond donors (Lipinski definition) is 2. The van der Waals surface area contributed by atoms with Crippen molar-refractivity contribution in [2.75, 3.05) is 5.73 Å². The molecule has 0 unspecified atom stereocenters. The zero-order valence-corrected chi connectivity index (χ0v) is 7.74. The van der Waals surface area contributed by atoms with Gasteiger partial charge in [-0.1, -0.05) is 0 Å². The molecule has 0 atom stereocenters. The lowest BCUT2D eigenvalue weighted by molar-refractivity contribution is -0.122. The van der Waals surface area contributed by atoms with Crippen LogP contribution < -0.4 is 11.5 Å². The maximum atomic E-state index is 11.1. The van der Waals surface area contributed by atoms with Crippen LogP contribution in [0.2, 0.25) is 0 Å². The Morgan fingerprint density at radius 3 is 2.46 bits per heavy atom. The van der Waals surface area contributed by atoms with Crippen molar-refractivity contribution < 1.29 is 4.79 Å². The molecule has 1 rings (SSSR count). The highest BCUT2D eigenvalue weighted by Gasteiger charge is 2.28. The molecule has 0 radical (unpaired) electrons. The summed E-state index contributed by atoms with van der Waals surface area (Å²) < 4.78 is 0. The minimum atomic E-state index is -0.742. The monoisotopic (exact) mass is 179 g/mol. The van der Waals surface area contributed by atoms with Crippen molar-refractivity contribution in [3.05, 3.63) is 24.0 Å². The van der Waals surface area contributed by atoms with Gasteiger partial charge in [-0.2, -0.15) is 0 Å². The van der Waals surface area contributed by atoms with Crippen LogP contribution in [-0.2, 0) is 10.2 Å². The average Bonchev–Trinajstić information content (AvgIpc) is 2.04. The van der Waals surface area contributed by atoms with E-state index >= 15 is 0 Å². The number of nitrogens with two attached hydrogens (primary N) is 2. The molecule has 1 aromatic rings. The first-order chi connectivity index (χ1) is 5.94. The van der Waals surface area contributed by atoms with E-state index in [1.165, 1.54) is 6.20 Å². The Hall–Kier alpha value is -1.58. The molecular weight excluding hydrogens is 166 g/mol. The van der Waals surface area contributed by atoms with E-state index in [0.717, 1.165) is 0 Å². The van der Waals surface area contributed by atoms with Crippen molar-refractivity contribution in [2.24, 2.45) is 5.73 Å². The van der Waals surface area contributed by atoms with Gasteiger partial charge in [0.1, 0.15) is 0 Å². The average molecular weight is 179 g/mol. The normalized spacial score (nSPS) is 11.2. The summed E-state index contributed by atoms with van der Waals surface area (Å²) in [5.74, 6) is -0.398. The fourth-order valence-corrected chi connectivity index (χ4v) is 0.901. The highest BCUT2D eigenvalue weighted by atomic mass is 16.1. The van der Waals surface area contributed by atoms with Gasteiger partial charge in [-0.25, -0.2) is 0 Å². The summed E-state index contributed by atoms with van der Waals surface area (Å²) in [6, 6.07) is 3.41. The van der Waals surface area contributed by atoms with Gasteiger partial charge in [0.25, 0.3) is 0 Å². The molecule has 4 heteroatoms. The Bertz CT molecular complexity index is 316. The van der Waals surface area contributed by atoms with Crippen LogP contribution in [0.15, 0.2) is 18.3 Å². The number of aromatic nitrogens is 1. The number of pyridine rings is 1. The van der Waals surface area contributed by atoms with Gasteiger partial charge in [0.05, 0.1) is 23.0 Å². The molecule has 0 fully saturated rings. The Morgan fingerprint density at radius 2 is 2.08 bits per heavy atom. The van der Waals surface area contributed by atoms with Gasteiger partial charge in [0.15, 0.2) is 0 Å². The second-order valence-corrected chi connectivity index (χ2v) is 3.47. The summed E-state index contributed by atoms with van der Waals surface area (Å²) in [5, 5.41) is 0. The number of hydrogen-bond acceptors (Lipinski definition) is 3. The largest absolute Gasteiger partial charge is 0.397 e.